The SMILES string of the molecule is CCC(NC(=O)C1CCC1)c1nc2ccccc2n1Cc1ccc(Cl)cc1. The summed E-state index contributed by atoms with van der Waals surface area (Å²) < 4.78 is 2.22. The number of nitrogens with zero attached hydrogens (tertiary/aromatic N) is 2. The molecule has 140 valence electrons. The van der Waals surface area contributed by atoms with E-state index in [0.29, 0.717) is 6.54 Å². The van der Waals surface area contributed by atoms with E-state index in [4.69, 9.17) is 16.6 Å². The lowest BCUT2D eigenvalue weighted by atomic mass is 9.84. The summed E-state index contributed by atoms with van der Waals surface area (Å²) in [6.45, 7) is 2.79. The summed E-state index contributed by atoms with van der Waals surface area (Å²) in [6.07, 6.45) is 3.97. The molecule has 1 unspecified atom stereocenters. The number of benzene rings is 2. The monoisotopic (exact) mass is 381 g/mol. The molecule has 1 aliphatic rings. The Morgan fingerprint density at radius 2 is 1.96 bits per heavy atom. The van der Waals surface area contributed by atoms with Crippen molar-refractivity contribution < 1.29 is 4.79 Å². The molecule has 1 aromatic heterocycles. The van der Waals surface area contributed by atoms with Crippen LogP contribution in [0.15, 0.2) is 48.5 Å². The zero-order chi connectivity index (χ0) is 18.8. The zero-order valence-corrected chi connectivity index (χ0v) is 16.2. The average Bonchev–Trinajstić information content (AvgIpc) is 2.98. The Balaban J connectivity index is 1.69. The Hall–Kier alpha value is -2.33. The molecule has 1 aliphatic carbocycles. The molecule has 2 aromatic carbocycles. The fourth-order valence-corrected chi connectivity index (χ4v) is 3.73. The largest absolute Gasteiger partial charge is 0.346 e. The molecule has 1 saturated carbocycles. The van der Waals surface area contributed by atoms with Crippen LogP contribution >= 0.6 is 11.6 Å². The van der Waals surface area contributed by atoms with E-state index in [-0.39, 0.29) is 17.9 Å². The third-order valence-corrected chi connectivity index (χ3v) is 5.70. The van der Waals surface area contributed by atoms with Crippen molar-refractivity contribution in [1.82, 2.24) is 14.9 Å². The quantitative estimate of drug-likeness (QED) is 0.645. The van der Waals surface area contributed by atoms with Crippen molar-refractivity contribution in [3.63, 3.8) is 0 Å². The minimum Gasteiger partial charge on any atom is -0.346 e. The van der Waals surface area contributed by atoms with Crippen LogP contribution in [-0.2, 0) is 11.3 Å². The van der Waals surface area contributed by atoms with Gasteiger partial charge in [-0.2, -0.15) is 0 Å². The third kappa shape index (κ3) is 3.72. The van der Waals surface area contributed by atoms with Crippen LogP contribution in [-0.4, -0.2) is 15.5 Å². The van der Waals surface area contributed by atoms with E-state index in [0.717, 1.165) is 53.1 Å². The first-order valence-electron chi connectivity index (χ1n) is 9.65. The van der Waals surface area contributed by atoms with Crippen molar-refractivity contribution >= 4 is 28.5 Å². The number of rotatable bonds is 6. The van der Waals surface area contributed by atoms with Gasteiger partial charge in [-0.3, -0.25) is 4.79 Å². The second kappa shape index (κ2) is 7.73. The standard InChI is InChI=1S/C22H24ClN3O/c1-2-18(25-22(27)16-6-5-7-16)21-24-19-8-3-4-9-20(19)26(21)14-15-10-12-17(23)13-11-15/h3-4,8-13,16,18H,2,5-7,14H2,1H3,(H,25,27). The van der Waals surface area contributed by atoms with Crippen LogP contribution in [0.1, 0.15) is 50.0 Å². The Bertz CT molecular complexity index is 944. The van der Waals surface area contributed by atoms with Crippen LogP contribution in [0, 0.1) is 5.92 Å². The molecule has 0 saturated heterocycles. The van der Waals surface area contributed by atoms with Gasteiger partial charge in [0, 0.05) is 17.5 Å². The van der Waals surface area contributed by atoms with Crippen molar-refractivity contribution in [2.24, 2.45) is 5.92 Å². The average molecular weight is 382 g/mol. The van der Waals surface area contributed by atoms with Gasteiger partial charge < -0.3 is 9.88 Å². The topological polar surface area (TPSA) is 46.9 Å². The van der Waals surface area contributed by atoms with Crippen LogP contribution in [0.5, 0.6) is 0 Å². The maximum atomic E-state index is 12.5. The lowest BCUT2D eigenvalue weighted by Crippen LogP contribution is -2.37. The summed E-state index contributed by atoms with van der Waals surface area (Å²) >= 11 is 6.03. The van der Waals surface area contributed by atoms with E-state index >= 15 is 0 Å². The molecular weight excluding hydrogens is 358 g/mol. The van der Waals surface area contributed by atoms with Gasteiger partial charge in [0.1, 0.15) is 5.82 Å². The summed E-state index contributed by atoms with van der Waals surface area (Å²) in [6, 6.07) is 15.9. The highest BCUT2D eigenvalue weighted by molar-refractivity contribution is 6.30. The van der Waals surface area contributed by atoms with Gasteiger partial charge in [0.15, 0.2) is 0 Å². The van der Waals surface area contributed by atoms with Crippen LogP contribution in [0.4, 0.5) is 0 Å². The molecule has 1 heterocycles. The van der Waals surface area contributed by atoms with Gasteiger partial charge in [-0.25, -0.2) is 4.98 Å². The van der Waals surface area contributed by atoms with Crippen LogP contribution in [0.3, 0.4) is 0 Å². The van der Waals surface area contributed by atoms with E-state index < -0.39 is 0 Å². The molecule has 1 fully saturated rings. The maximum Gasteiger partial charge on any atom is 0.223 e. The number of carbonyl (C=O) groups is 1. The third-order valence-electron chi connectivity index (χ3n) is 5.45. The highest BCUT2D eigenvalue weighted by Gasteiger charge is 2.28. The lowest BCUT2D eigenvalue weighted by molar-refractivity contribution is -0.128. The van der Waals surface area contributed by atoms with Gasteiger partial charge in [-0.05, 0) is 49.1 Å². The first-order valence-corrected chi connectivity index (χ1v) is 10.0. The highest BCUT2D eigenvalue weighted by Crippen LogP contribution is 2.29. The maximum absolute atomic E-state index is 12.5. The molecular formula is C22H24ClN3O. The summed E-state index contributed by atoms with van der Waals surface area (Å²) in [5.74, 6) is 1.26. The number of imidazole rings is 1. The summed E-state index contributed by atoms with van der Waals surface area (Å²) in [5.41, 5.74) is 3.19. The second-order valence-electron chi connectivity index (χ2n) is 7.27. The lowest BCUT2D eigenvalue weighted by Gasteiger charge is -2.27. The minimum atomic E-state index is -0.0854. The molecule has 1 amide bonds. The Kier molecular flexibility index (Phi) is 5.17. The predicted molar refractivity (Wildman–Crippen MR) is 109 cm³/mol. The predicted octanol–water partition coefficient (Wildman–Crippen LogP) is 5.11. The van der Waals surface area contributed by atoms with E-state index in [1.165, 1.54) is 0 Å². The number of nitrogens with one attached hydrogen (secondary N) is 1. The molecule has 0 aliphatic heterocycles. The Labute approximate surface area is 164 Å². The second-order valence-corrected chi connectivity index (χ2v) is 7.71. The number of carbonyl (C=O) groups excluding carboxylic acids is 1. The minimum absolute atomic E-state index is 0.0854. The Morgan fingerprint density at radius 3 is 2.63 bits per heavy atom. The van der Waals surface area contributed by atoms with Crippen molar-refractivity contribution in [3.8, 4) is 0 Å². The first-order chi connectivity index (χ1) is 13.2. The summed E-state index contributed by atoms with van der Waals surface area (Å²) in [4.78, 5) is 17.4. The van der Waals surface area contributed by atoms with Gasteiger partial charge >= 0.3 is 0 Å². The van der Waals surface area contributed by atoms with Crippen LogP contribution in [0.2, 0.25) is 5.02 Å². The smallest absolute Gasteiger partial charge is 0.223 e. The van der Waals surface area contributed by atoms with E-state index in [9.17, 15) is 4.79 Å². The molecule has 0 radical (unpaired) electrons. The van der Waals surface area contributed by atoms with Crippen LogP contribution in [0.25, 0.3) is 11.0 Å². The molecule has 4 rings (SSSR count). The number of halogens is 1. The molecule has 1 atom stereocenters. The van der Waals surface area contributed by atoms with Crippen molar-refractivity contribution in [1.29, 1.82) is 0 Å². The molecule has 0 spiro atoms. The van der Waals surface area contributed by atoms with Gasteiger partial charge in [0.05, 0.1) is 17.1 Å². The molecule has 27 heavy (non-hydrogen) atoms. The fraction of sp³-hybridized carbons (Fsp3) is 0.364. The number of aromatic nitrogens is 2. The number of amides is 1. The van der Waals surface area contributed by atoms with E-state index in [2.05, 4.69) is 22.9 Å². The van der Waals surface area contributed by atoms with E-state index in [1.54, 1.807) is 0 Å². The molecule has 1 N–H and O–H groups in total. The molecule has 4 nitrogen and oxygen atoms in total. The van der Waals surface area contributed by atoms with Gasteiger partial charge in [-0.1, -0.05) is 49.2 Å². The Morgan fingerprint density at radius 1 is 1.22 bits per heavy atom. The highest BCUT2D eigenvalue weighted by atomic mass is 35.5. The van der Waals surface area contributed by atoms with Crippen molar-refractivity contribution in [3.05, 3.63) is 64.9 Å². The molecule has 0 bridgehead atoms. The normalized spacial score (nSPS) is 15.5. The van der Waals surface area contributed by atoms with Gasteiger partial charge in [0.25, 0.3) is 0 Å². The molecule has 5 heteroatoms. The fourth-order valence-electron chi connectivity index (χ4n) is 3.61. The number of para-hydroxylation sites is 2. The summed E-state index contributed by atoms with van der Waals surface area (Å²) in [5, 5.41) is 3.97. The van der Waals surface area contributed by atoms with Crippen molar-refractivity contribution in [2.45, 2.75) is 45.2 Å². The number of hydrogen-bond donors (Lipinski definition) is 1. The molecule has 3 aromatic rings. The summed E-state index contributed by atoms with van der Waals surface area (Å²) in [7, 11) is 0. The number of hydrogen-bond acceptors (Lipinski definition) is 2. The zero-order valence-electron chi connectivity index (χ0n) is 15.5. The van der Waals surface area contributed by atoms with Gasteiger partial charge in [0.2, 0.25) is 5.91 Å². The first kappa shape index (κ1) is 18.1. The van der Waals surface area contributed by atoms with Crippen molar-refractivity contribution in [2.75, 3.05) is 0 Å². The van der Waals surface area contributed by atoms with Gasteiger partial charge in [-0.15, -0.1) is 0 Å². The number of fused-ring (bicyclic) bond motifs is 1. The van der Waals surface area contributed by atoms with E-state index in [1.807, 2.05) is 42.5 Å². The van der Waals surface area contributed by atoms with Crippen LogP contribution < -0.4 is 5.32 Å².